The highest BCUT2D eigenvalue weighted by Gasteiger charge is 2.06. The van der Waals surface area contributed by atoms with E-state index >= 15 is 0 Å². The van der Waals surface area contributed by atoms with Crippen LogP contribution in [-0.4, -0.2) is 0 Å². The molecule has 0 saturated heterocycles. The normalized spacial score (nSPS) is 10.9. The first-order chi connectivity index (χ1) is 11.2. The van der Waals surface area contributed by atoms with Crippen molar-refractivity contribution in [3.8, 4) is 11.1 Å². The molecule has 0 saturated carbocycles. The molecular formula is C22H29F. The van der Waals surface area contributed by atoms with Crippen molar-refractivity contribution in [2.75, 3.05) is 0 Å². The highest BCUT2D eigenvalue weighted by molar-refractivity contribution is 5.64. The van der Waals surface area contributed by atoms with Gasteiger partial charge in [0.1, 0.15) is 5.82 Å². The Labute approximate surface area is 140 Å². The predicted octanol–water partition coefficient (Wildman–Crippen LogP) is 6.96. The Balaban J connectivity index is 2.01. The molecule has 0 bridgehead atoms. The molecule has 0 atom stereocenters. The van der Waals surface area contributed by atoms with E-state index in [2.05, 4.69) is 44.2 Å². The fourth-order valence-electron chi connectivity index (χ4n) is 2.94. The molecule has 0 unspecified atom stereocenters. The van der Waals surface area contributed by atoms with Gasteiger partial charge in [-0.05, 0) is 48.4 Å². The number of aryl methyl sites for hydroxylation is 2. The summed E-state index contributed by atoms with van der Waals surface area (Å²) in [5, 5.41) is 0. The summed E-state index contributed by atoms with van der Waals surface area (Å²) in [6.45, 7) is 4.39. The zero-order valence-corrected chi connectivity index (χ0v) is 14.6. The first-order valence-electron chi connectivity index (χ1n) is 9.12. The van der Waals surface area contributed by atoms with Crippen LogP contribution in [0.5, 0.6) is 0 Å². The van der Waals surface area contributed by atoms with Gasteiger partial charge in [0, 0.05) is 5.56 Å². The van der Waals surface area contributed by atoms with Crippen molar-refractivity contribution in [1.82, 2.24) is 0 Å². The van der Waals surface area contributed by atoms with Gasteiger partial charge in [-0.2, -0.15) is 0 Å². The Bertz CT molecular complexity index is 583. The lowest BCUT2D eigenvalue weighted by Gasteiger charge is -2.08. The molecule has 0 aliphatic heterocycles. The zero-order chi connectivity index (χ0) is 16.5. The molecule has 0 aromatic heterocycles. The molecule has 0 nitrogen and oxygen atoms in total. The Morgan fingerprint density at radius 2 is 1.35 bits per heavy atom. The van der Waals surface area contributed by atoms with E-state index in [0.29, 0.717) is 5.56 Å². The van der Waals surface area contributed by atoms with Gasteiger partial charge < -0.3 is 0 Å². The van der Waals surface area contributed by atoms with Gasteiger partial charge in [0.25, 0.3) is 0 Å². The minimum absolute atomic E-state index is 0.103. The summed E-state index contributed by atoms with van der Waals surface area (Å²) in [5.74, 6) is -0.103. The lowest BCUT2D eigenvalue weighted by molar-refractivity contribution is 0.627. The SMILES string of the molecule is CCCCCCc1ccc(-c2ccc(CCCC)cc2F)cc1. The maximum absolute atomic E-state index is 14.4. The minimum Gasteiger partial charge on any atom is -0.206 e. The lowest BCUT2D eigenvalue weighted by atomic mass is 9.98. The van der Waals surface area contributed by atoms with Gasteiger partial charge >= 0.3 is 0 Å². The summed E-state index contributed by atoms with van der Waals surface area (Å²) in [7, 11) is 0. The van der Waals surface area contributed by atoms with Crippen LogP contribution >= 0.6 is 0 Å². The molecule has 23 heavy (non-hydrogen) atoms. The number of benzene rings is 2. The third-order valence-electron chi connectivity index (χ3n) is 4.44. The maximum atomic E-state index is 14.4. The van der Waals surface area contributed by atoms with Gasteiger partial charge in [-0.15, -0.1) is 0 Å². The average Bonchev–Trinajstić information content (AvgIpc) is 2.58. The molecule has 0 spiro atoms. The first kappa shape index (κ1) is 17.7. The predicted molar refractivity (Wildman–Crippen MR) is 98.3 cm³/mol. The molecule has 0 radical (unpaired) electrons. The highest BCUT2D eigenvalue weighted by atomic mass is 19.1. The molecular weight excluding hydrogens is 283 g/mol. The van der Waals surface area contributed by atoms with Gasteiger partial charge in [0.15, 0.2) is 0 Å². The first-order valence-corrected chi connectivity index (χ1v) is 9.12. The average molecular weight is 312 g/mol. The van der Waals surface area contributed by atoms with Crippen LogP contribution < -0.4 is 0 Å². The molecule has 124 valence electrons. The quantitative estimate of drug-likeness (QED) is 0.439. The second-order valence-corrected chi connectivity index (χ2v) is 6.43. The second kappa shape index (κ2) is 9.50. The number of unbranched alkanes of at least 4 members (excludes halogenated alkanes) is 4. The minimum atomic E-state index is -0.103. The monoisotopic (exact) mass is 312 g/mol. The zero-order valence-electron chi connectivity index (χ0n) is 14.6. The molecule has 0 aliphatic rings. The van der Waals surface area contributed by atoms with Crippen molar-refractivity contribution in [3.63, 3.8) is 0 Å². The lowest BCUT2D eigenvalue weighted by Crippen LogP contribution is -1.91. The van der Waals surface area contributed by atoms with Crippen molar-refractivity contribution in [1.29, 1.82) is 0 Å². The third-order valence-corrected chi connectivity index (χ3v) is 4.44. The van der Waals surface area contributed by atoms with Gasteiger partial charge in [0.2, 0.25) is 0 Å². The van der Waals surface area contributed by atoms with E-state index in [1.54, 1.807) is 6.07 Å². The molecule has 2 aromatic rings. The molecule has 1 heteroatoms. The van der Waals surface area contributed by atoms with Crippen LogP contribution in [0.3, 0.4) is 0 Å². The van der Waals surface area contributed by atoms with E-state index in [0.717, 1.165) is 36.8 Å². The summed E-state index contributed by atoms with van der Waals surface area (Å²) in [4.78, 5) is 0. The van der Waals surface area contributed by atoms with Crippen molar-refractivity contribution in [3.05, 3.63) is 59.4 Å². The van der Waals surface area contributed by atoms with Crippen molar-refractivity contribution in [2.45, 2.75) is 65.2 Å². The van der Waals surface area contributed by atoms with Gasteiger partial charge in [0.05, 0.1) is 0 Å². The van der Waals surface area contributed by atoms with Crippen molar-refractivity contribution >= 4 is 0 Å². The summed E-state index contributed by atoms with van der Waals surface area (Å²) >= 11 is 0. The van der Waals surface area contributed by atoms with Crippen LogP contribution in [0, 0.1) is 5.82 Å². The molecule has 0 fully saturated rings. The summed E-state index contributed by atoms with van der Waals surface area (Å²) in [6.07, 6.45) is 9.47. The third kappa shape index (κ3) is 5.49. The fraction of sp³-hybridized carbons (Fsp3) is 0.455. The molecule has 2 rings (SSSR count). The number of rotatable bonds is 9. The van der Waals surface area contributed by atoms with E-state index in [9.17, 15) is 4.39 Å². The molecule has 0 aliphatic carbocycles. The van der Waals surface area contributed by atoms with Gasteiger partial charge in [-0.3, -0.25) is 0 Å². The van der Waals surface area contributed by atoms with Crippen LogP contribution in [0.15, 0.2) is 42.5 Å². The maximum Gasteiger partial charge on any atom is 0.131 e. The fourth-order valence-corrected chi connectivity index (χ4v) is 2.94. The van der Waals surface area contributed by atoms with Crippen LogP contribution in [0.1, 0.15) is 63.5 Å². The van der Waals surface area contributed by atoms with Crippen molar-refractivity contribution < 1.29 is 4.39 Å². The van der Waals surface area contributed by atoms with E-state index < -0.39 is 0 Å². The Morgan fingerprint density at radius 3 is 2.00 bits per heavy atom. The Hall–Kier alpha value is -1.63. The van der Waals surface area contributed by atoms with Gasteiger partial charge in [-0.1, -0.05) is 75.9 Å². The highest BCUT2D eigenvalue weighted by Crippen LogP contribution is 2.25. The molecule has 0 amide bonds. The van der Waals surface area contributed by atoms with Crippen LogP contribution in [-0.2, 0) is 12.8 Å². The summed E-state index contributed by atoms with van der Waals surface area (Å²) < 4.78 is 14.4. The van der Waals surface area contributed by atoms with Crippen LogP contribution in [0.2, 0.25) is 0 Å². The van der Waals surface area contributed by atoms with E-state index in [1.807, 2.05) is 6.07 Å². The van der Waals surface area contributed by atoms with E-state index in [1.165, 1.54) is 31.2 Å². The molecule has 0 N–H and O–H groups in total. The summed E-state index contributed by atoms with van der Waals surface area (Å²) in [6, 6.07) is 14.1. The number of halogens is 1. The van der Waals surface area contributed by atoms with Crippen LogP contribution in [0.4, 0.5) is 4.39 Å². The number of hydrogen-bond acceptors (Lipinski definition) is 0. The Morgan fingerprint density at radius 1 is 0.696 bits per heavy atom. The standard InChI is InChI=1S/C22H29F/c1-3-5-7-8-10-18-11-14-20(15-12-18)21-16-13-19(9-6-4-2)17-22(21)23/h11-17H,3-10H2,1-2H3. The van der Waals surface area contributed by atoms with Crippen LogP contribution in [0.25, 0.3) is 11.1 Å². The summed E-state index contributed by atoms with van der Waals surface area (Å²) in [5.41, 5.74) is 4.13. The molecule has 0 heterocycles. The smallest absolute Gasteiger partial charge is 0.131 e. The van der Waals surface area contributed by atoms with E-state index in [4.69, 9.17) is 0 Å². The topological polar surface area (TPSA) is 0 Å². The number of hydrogen-bond donors (Lipinski definition) is 0. The van der Waals surface area contributed by atoms with Gasteiger partial charge in [-0.25, -0.2) is 4.39 Å². The Kier molecular flexibility index (Phi) is 7.32. The van der Waals surface area contributed by atoms with Crippen molar-refractivity contribution in [2.24, 2.45) is 0 Å². The largest absolute Gasteiger partial charge is 0.206 e. The molecule has 2 aromatic carbocycles. The van der Waals surface area contributed by atoms with E-state index in [-0.39, 0.29) is 5.82 Å². The second-order valence-electron chi connectivity index (χ2n) is 6.43.